The largest absolute Gasteiger partial charge is 0.465 e. The number of hydrogen-bond donors (Lipinski definition) is 1. The molecule has 0 bridgehead atoms. The van der Waals surface area contributed by atoms with E-state index in [1.807, 2.05) is 6.92 Å². The van der Waals surface area contributed by atoms with Gasteiger partial charge in [0.25, 0.3) is 0 Å². The normalized spacial score (nSPS) is 20.1. The highest BCUT2D eigenvalue weighted by Crippen LogP contribution is 2.11. The first-order valence-electron chi connectivity index (χ1n) is 6.41. The Morgan fingerprint density at radius 3 is 2.88 bits per heavy atom. The number of rotatable bonds is 5. The van der Waals surface area contributed by atoms with Crippen LogP contribution in [0.3, 0.4) is 0 Å². The van der Waals surface area contributed by atoms with Crippen LogP contribution in [0.25, 0.3) is 0 Å². The van der Waals surface area contributed by atoms with Crippen molar-refractivity contribution in [2.45, 2.75) is 39.2 Å². The number of nitrogens with zero attached hydrogens (tertiary/aromatic N) is 1. The second-order valence-corrected chi connectivity index (χ2v) is 4.20. The van der Waals surface area contributed by atoms with Crippen molar-refractivity contribution in [3.05, 3.63) is 0 Å². The molecule has 16 heavy (non-hydrogen) atoms. The Morgan fingerprint density at radius 1 is 1.38 bits per heavy atom. The van der Waals surface area contributed by atoms with E-state index in [-0.39, 0.29) is 12.0 Å². The molecule has 94 valence electrons. The van der Waals surface area contributed by atoms with E-state index in [1.54, 1.807) is 0 Å². The highest BCUT2D eigenvalue weighted by Gasteiger charge is 2.26. The molecular weight excluding hydrogens is 204 g/mol. The molecule has 1 saturated heterocycles. The third-order valence-electron chi connectivity index (χ3n) is 2.94. The lowest BCUT2D eigenvalue weighted by Crippen LogP contribution is -2.43. The van der Waals surface area contributed by atoms with E-state index in [0.29, 0.717) is 6.61 Å². The van der Waals surface area contributed by atoms with Gasteiger partial charge in [-0.2, -0.15) is 0 Å². The molecule has 0 spiro atoms. The molecule has 1 unspecified atom stereocenters. The fourth-order valence-electron chi connectivity index (χ4n) is 2.14. The average molecular weight is 228 g/mol. The van der Waals surface area contributed by atoms with Crippen LogP contribution < -0.4 is 5.32 Å². The number of ether oxygens (including phenoxy) is 1. The van der Waals surface area contributed by atoms with Crippen molar-refractivity contribution >= 4 is 5.97 Å². The minimum atomic E-state index is -0.0498. The second kappa shape index (κ2) is 7.63. The van der Waals surface area contributed by atoms with E-state index in [0.717, 1.165) is 45.4 Å². The van der Waals surface area contributed by atoms with Gasteiger partial charge < -0.3 is 10.1 Å². The quantitative estimate of drug-likeness (QED) is 0.713. The summed E-state index contributed by atoms with van der Waals surface area (Å²) >= 11 is 0. The first-order chi connectivity index (χ1) is 7.79. The van der Waals surface area contributed by atoms with E-state index >= 15 is 0 Å². The molecule has 1 fully saturated rings. The van der Waals surface area contributed by atoms with Crippen molar-refractivity contribution in [2.24, 2.45) is 0 Å². The van der Waals surface area contributed by atoms with Gasteiger partial charge in [0.15, 0.2) is 0 Å². The Hall–Kier alpha value is -0.610. The number of esters is 1. The minimum Gasteiger partial charge on any atom is -0.465 e. The number of hydrogen-bond acceptors (Lipinski definition) is 4. The molecule has 1 N–H and O–H groups in total. The molecule has 4 heteroatoms. The first kappa shape index (κ1) is 13.5. The number of carbonyl (C=O) groups excluding carboxylic acids is 1. The summed E-state index contributed by atoms with van der Waals surface area (Å²) in [4.78, 5) is 14.1. The van der Waals surface area contributed by atoms with Crippen LogP contribution in [0.1, 0.15) is 33.1 Å². The predicted molar refractivity (Wildman–Crippen MR) is 64.4 cm³/mol. The summed E-state index contributed by atoms with van der Waals surface area (Å²) in [6.07, 6.45) is 3.03. The molecule has 0 aromatic heterocycles. The zero-order valence-electron chi connectivity index (χ0n) is 10.5. The molecule has 4 nitrogen and oxygen atoms in total. The summed E-state index contributed by atoms with van der Waals surface area (Å²) in [5.41, 5.74) is 0. The smallest absolute Gasteiger partial charge is 0.323 e. The van der Waals surface area contributed by atoms with Crippen LogP contribution in [0, 0.1) is 0 Å². The Labute approximate surface area is 98.3 Å². The second-order valence-electron chi connectivity index (χ2n) is 4.20. The molecule has 0 saturated carbocycles. The van der Waals surface area contributed by atoms with Gasteiger partial charge in [0, 0.05) is 19.6 Å². The van der Waals surface area contributed by atoms with Crippen molar-refractivity contribution in [1.29, 1.82) is 0 Å². The van der Waals surface area contributed by atoms with Crippen LogP contribution in [0.5, 0.6) is 0 Å². The maximum Gasteiger partial charge on any atom is 0.323 e. The summed E-state index contributed by atoms with van der Waals surface area (Å²) in [6.45, 7) is 8.43. The van der Waals surface area contributed by atoms with Gasteiger partial charge in [-0.05, 0) is 26.3 Å². The van der Waals surface area contributed by atoms with Gasteiger partial charge >= 0.3 is 5.97 Å². The van der Waals surface area contributed by atoms with E-state index in [1.165, 1.54) is 0 Å². The summed E-state index contributed by atoms with van der Waals surface area (Å²) in [5, 5.41) is 3.35. The van der Waals surface area contributed by atoms with Gasteiger partial charge in [0.2, 0.25) is 0 Å². The zero-order chi connectivity index (χ0) is 11.8. The Morgan fingerprint density at radius 2 is 2.19 bits per heavy atom. The fraction of sp³-hybridized carbons (Fsp3) is 0.917. The van der Waals surface area contributed by atoms with Crippen molar-refractivity contribution in [1.82, 2.24) is 10.2 Å². The molecular formula is C12H24N2O2. The lowest BCUT2D eigenvalue weighted by Gasteiger charge is -2.28. The SMILES string of the molecule is CCCC(C(=O)OCC)N1CCCNCC1. The van der Waals surface area contributed by atoms with Crippen molar-refractivity contribution in [2.75, 3.05) is 32.8 Å². The van der Waals surface area contributed by atoms with Crippen LogP contribution in [-0.4, -0.2) is 49.7 Å². The van der Waals surface area contributed by atoms with Gasteiger partial charge in [0.1, 0.15) is 6.04 Å². The standard InChI is InChI=1S/C12H24N2O2/c1-3-6-11(12(15)16-4-2)14-9-5-7-13-8-10-14/h11,13H,3-10H2,1-2H3. The fourth-order valence-corrected chi connectivity index (χ4v) is 2.14. The molecule has 0 aromatic rings. The Balaban J connectivity index is 2.55. The lowest BCUT2D eigenvalue weighted by atomic mass is 10.1. The molecule has 0 amide bonds. The number of carbonyl (C=O) groups is 1. The summed E-state index contributed by atoms with van der Waals surface area (Å²) in [5.74, 6) is -0.0498. The average Bonchev–Trinajstić information content (AvgIpc) is 2.54. The third-order valence-corrected chi connectivity index (χ3v) is 2.94. The third kappa shape index (κ3) is 4.10. The van der Waals surface area contributed by atoms with Crippen molar-refractivity contribution in [3.63, 3.8) is 0 Å². The Bertz CT molecular complexity index is 201. The summed E-state index contributed by atoms with van der Waals surface area (Å²) in [7, 11) is 0. The highest BCUT2D eigenvalue weighted by molar-refractivity contribution is 5.75. The minimum absolute atomic E-state index is 0.0372. The van der Waals surface area contributed by atoms with Crippen LogP contribution in [-0.2, 0) is 9.53 Å². The molecule has 0 radical (unpaired) electrons. The lowest BCUT2D eigenvalue weighted by molar-refractivity contribution is -0.149. The topological polar surface area (TPSA) is 41.6 Å². The van der Waals surface area contributed by atoms with Gasteiger partial charge in [-0.3, -0.25) is 9.69 Å². The monoisotopic (exact) mass is 228 g/mol. The molecule has 0 aliphatic carbocycles. The van der Waals surface area contributed by atoms with Crippen molar-refractivity contribution < 1.29 is 9.53 Å². The predicted octanol–water partition coefficient (Wildman–Crippen LogP) is 1.01. The van der Waals surface area contributed by atoms with Crippen LogP contribution in [0.15, 0.2) is 0 Å². The number of nitrogens with one attached hydrogen (secondary N) is 1. The zero-order valence-corrected chi connectivity index (χ0v) is 10.5. The van der Waals surface area contributed by atoms with Gasteiger partial charge in [0.05, 0.1) is 6.61 Å². The molecule has 1 aliphatic rings. The maximum absolute atomic E-state index is 11.9. The van der Waals surface area contributed by atoms with Crippen molar-refractivity contribution in [3.8, 4) is 0 Å². The molecule has 1 atom stereocenters. The van der Waals surface area contributed by atoms with Crippen LogP contribution in [0.2, 0.25) is 0 Å². The Kier molecular flexibility index (Phi) is 6.42. The van der Waals surface area contributed by atoms with E-state index in [4.69, 9.17) is 4.74 Å². The molecule has 0 aromatic carbocycles. The van der Waals surface area contributed by atoms with Crippen LogP contribution in [0.4, 0.5) is 0 Å². The molecule has 1 rings (SSSR count). The highest BCUT2D eigenvalue weighted by atomic mass is 16.5. The van der Waals surface area contributed by atoms with E-state index < -0.39 is 0 Å². The first-order valence-corrected chi connectivity index (χ1v) is 6.41. The van der Waals surface area contributed by atoms with Gasteiger partial charge in [-0.25, -0.2) is 0 Å². The van der Waals surface area contributed by atoms with E-state index in [2.05, 4.69) is 17.1 Å². The van der Waals surface area contributed by atoms with Crippen LogP contribution >= 0.6 is 0 Å². The molecule has 1 aliphatic heterocycles. The summed E-state index contributed by atoms with van der Waals surface area (Å²) in [6, 6.07) is -0.0372. The van der Waals surface area contributed by atoms with Gasteiger partial charge in [-0.15, -0.1) is 0 Å². The van der Waals surface area contributed by atoms with E-state index in [9.17, 15) is 4.79 Å². The summed E-state index contributed by atoms with van der Waals surface area (Å²) < 4.78 is 5.15. The maximum atomic E-state index is 11.9. The van der Waals surface area contributed by atoms with Gasteiger partial charge in [-0.1, -0.05) is 13.3 Å². The molecule has 1 heterocycles.